The van der Waals surface area contributed by atoms with Gasteiger partial charge in [-0.3, -0.25) is 4.79 Å². The number of carbonyl (C=O) groups excluding carboxylic acids is 1. The van der Waals surface area contributed by atoms with Crippen LogP contribution in [0.1, 0.15) is 10.6 Å². The van der Waals surface area contributed by atoms with E-state index in [0.717, 1.165) is 10.2 Å². The fourth-order valence-corrected chi connectivity index (χ4v) is 1.77. The second-order valence-corrected chi connectivity index (χ2v) is 4.25. The van der Waals surface area contributed by atoms with E-state index in [1.165, 1.54) is 12.7 Å². The minimum atomic E-state index is -0.363. The zero-order valence-corrected chi connectivity index (χ0v) is 10.4. The lowest BCUT2D eigenvalue weighted by atomic mass is 10.2. The number of hydrogen-bond donors (Lipinski definition) is 0. The van der Waals surface area contributed by atoms with Crippen molar-refractivity contribution in [3.63, 3.8) is 0 Å². The molecular weight excluding hydrogens is 266 g/mol. The van der Waals surface area contributed by atoms with Gasteiger partial charge in [-0.2, -0.15) is 9.78 Å². The Morgan fingerprint density at radius 2 is 1.95 bits per heavy atom. The van der Waals surface area contributed by atoms with Crippen LogP contribution in [0, 0.1) is 0 Å². The van der Waals surface area contributed by atoms with Crippen LogP contribution in [0.25, 0.3) is 11.3 Å². The second-order valence-electron chi connectivity index (χ2n) is 3.82. The maximum Gasteiger partial charge on any atom is 0.315 e. The van der Waals surface area contributed by atoms with Gasteiger partial charge in [0.25, 0.3) is 0 Å². The first kappa shape index (κ1) is 11.7. The summed E-state index contributed by atoms with van der Waals surface area (Å²) in [6.45, 7) is 0. The zero-order chi connectivity index (χ0) is 13.2. The van der Waals surface area contributed by atoms with Crippen LogP contribution in [0.5, 0.6) is 0 Å². The lowest BCUT2D eigenvalue weighted by Crippen LogP contribution is -2.11. The first-order valence-corrected chi connectivity index (χ1v) is 5.87. The quantitative estimate of drug-likeness (QED) is 0.720. The van der Waals surface area contributed by atoms with Gasteiger partial charge in [0.05, 0.1) is 0 Å². The summed E-state index contributed by atoms with van der Waals surface area (Å²) in [6.07, 6.45) is 2.62. The third-order valence-corrected chi connectivity index (χ3v) is 2.82. The maximum atomic E-state index is 12.0. The van der Waals surface area contributed by atoms with Crippen LogP contribution in [-0.4, -0.2) is 20.7 Å². The van der Waals surface area contributed by atoms with Gasteiger partial charge in [0.15, 0.2) is 5.76 Å². The molecular formula is C13H8ClN3O2. The summed E-state index contributed by atoms with van der Waals surface area (Å²) in [5.74, 6) is 0.438. The summed E-state index contributed by atoms with van der Waals surface area (Å²) in [7, 11) is 0. The molecule has 2 heterocycles. The number of furan rings is 1. The van der Waals surface area contributed by atoms with E-state index in [2.05, 4.69) is 10.1 Å². The summed E-state index contributed by atoms with van der Waals surface area (Å²) in [5.41, 5.74) is 0.849. The third-order valence-electron chi connectivity index (χ3n) is 2.57. The van der Waals surface area contributed by atoms with Crippen LogP contribution in [0.4, 0.5) is 0 Å². The molecule has 0 amide bonds. The Labute approximate surface area is 113 Å². The number of carbonyl (C=O) groups is 1. The molecule has 94 valence electrons. The number of halogens is 1. The number of hydrogen-bond acceptors (Lipinski definition) is 4. The van der Waals surface area contributed by atoms with Gasteiger partial charge >= 0.3 is 5.91 Å². The van der Waals surface area contributed by atoms with Crippen LogP contribution >= 0.6 is 11.6 Å². The summed E-state index contributed by atoms with van der Waals surface area (Å²) in [4.78, 5) is 15.7. The molecule has 3 rings (SSSR count). The summed E-state index contributed by atoms with van der Waals surface area (Å²) in [5, 5.41) is 4.41. The van der Waals surface area contributed by atoms with Crippen molar-refractivity contribution in [2.24, 2.45) is 0 Å². The van der Waals surface area contributed by atoms with E-state index >= 15 is 0 Å². The van der Waals surface area contributed by atoms with Gasteiger partial charge in [0.2, 0.25) is 0 Å². The molecule has 0 atom stereocenters. The van der Waals surface area contributed by atoms with E-state index < -0.39 is 0 Å². The molecule has 0 aliphatic carbocycles. The van der Waals surface area contributed by atoms with E-state index in [4.69, 9.17) is 16.0 Å². The molecule has 3 aromatic rings. The molecule has 0 fully saturated rings. The Kier molecular flexibility index (Phi) is 2.89. The van der Waals surface area contributed by atoms with Gasteiger partial charge in [0.1, 0.15) is 18.4 Å². The van der Waals surface area contributed by atoms with Crippen LogP contribution < -0.4 is 0 Å². The molecule has 0 radical (unpaired) electrons. The number of rotatable bonds is 2. The highest BCUT2D eigenvalue weighted by Gasteiger charge is 2.14. The zero-order valence-electron chi connectivity index (χ0n) is 9.65. The molecule has 0 spiro atoms. The third kappa shape index (κ3) is 2.28. The molecule has 0 saturated heterocycles. The molecule has 5 nitrogen and oxygen atoms in total. The van der Waals surface area contributed by atoms with Crippen LogP contribution in [0.3, 0.4) is 0 Å². The largest absolute Gasteiger partial charge is 0.451 e. The van der Waals surface area contributed by atoms with Crippen molar-refractivity contribution in [2.75, 3.05) is 0 Å². The van der Waals surface area contributed by atoms with Gasteiger partial charge in [-0.25, -0.2) is 4.98 Å². The Bertz CT molecular complexity index is 702. The SMILES string of the molecule is O=C(c1ccc(-c2ccc(Cl)cc2)o1)n1cncn1. The van der Waals surface area contributed by atoms with Gasteiger partial charge < -0.3 is 4.42 Å². The van der Waals surface area contributed by atoms with Gasteiger partial charge in [-0.1, -0.05) is 11.6 Å². The normalized spacial score (nSPS) is 10.6. The molecule has 1 aromatic carbocycles. The number of aromatic nitrogens is 3. The Hall–Kier alpha value is -2.40. The Balaban J connectivity index is 1.91. The first-order valence-electron chi connectivity index (χ1n) is 5.49. The summed E-state index contributed by atoms with van der Waals surface area (Å²) in [6, 6.07) is 10.5. The van der Waals surface area contributed by atoms with E-state index in [9.17, 15) is 4.79 Å². The molecule has 0 bridgehead atoms. The van der Waals surface area contributed by atoms with E-state index in [1.807, 2.05) is 12.1 Å². The first-order chi connectivity index (χ1) is 9.24. The molecule has 0 aliphatic heterocycles. The molecule has 0 aliphatic rings. The van der Waals surface area contributed by atoms with Crippen molar-refractivity contribution in [2.45, 2.75) is 0 Å². The minimum Gasteiger partial charge on any atom is -0.451 e. The topological polar surface area (TPSA) is 60.9 Å². The molecule has 0 unspecified atom stereocenters. The van der Waals surface area contributed by atoms with E-state index in [1.54, 1.807) is 24.3 Å². The molecule has 0 saturated carbocycles. The van der Waals surface area contributed by atoms with Crippen LogP contribution in [-0.2, 0) is 0 Å². The van der Waals surface area contributed by atoms with E-state index in [0.29, 0.717) is 10.8 Å². The van der Waals surface area contributed by atoms with Crippen molar-refractivity contribution in [1.82, 2.24) is 14.8 Å². The highest BCUT2D eigenvalue weighted by molar-refractivity contribution is 6.30. The fourth-order valence-electron chi connectivity index (χ4n) is 1.65. The summed E-state index contributed by atoms with van der Waals surface area (Å²) < 4.78 is 6.63. The highest BCUT2D eigenvalue weighted by atomic mass is 35.5. The highest BCUT2D eigenvalue weighted by Crippen LogP contribution is 2.24. The predicted octanol–water partition coefficient (Wildman–Crippen LogP) is 2.88. The average molecular weight is 274 g/mol. The summed E-state index contributed by atoms with van der Waals surface area (Å²) >= 11 is 5.82. The van der Waals surface area contributed by atoms with E-state index in [-0.39, 0.29) is 11.7 Å². The maximum absolute atomic E-state index is 12.0. The van der Waals surface area contributed by atoms with Crippen LogP contribution in [0.15, 0.2) is 53.5 Å². The van der Waals surface area contributed by atoms with Gasteiger partial charge in [-0.15, -0.1) is 0 Å². The standard InChI is InChI=1S/C13H8ClN3O2/c14-10-3-1-9(2-4-10)11-5-6-12(19-11)13(18)17-8-15-7-16-17/h1-8H. The fraction of sp³-hybridized carbons (Fsp3) is 0. The van der Waals surface area contributed by atoms with Crippen molar-refractivity contribution in [1.29, 1.82) is 0 Å². The average Bonchev–Trinajstić information content (AvgIpc) is 3.10. The predicted molar refractivity (Wildman–Crippen MR) is 68.9 cm³/mol. The molecule has 2 aromatic heterocycles. The smallest absolute Gasteiger partial charge is 0.315 e. The molecule has 6 heteroatoms. The van der Waals surface area contributed by atoms with Crippen molar-refractivity contribution >= 4 is 17.5 Å². The molecule has 19 heavy (non-hydrogen) atoms. The van der Waals surface area contributed by atoms with Gasteiger partial charge in [-0.05, 0) is 36.4 Å². The monoisotopic (exact) mass is 273 g/mol. The van der Waals surface area contributed by atoms with Gasteiger partial charge in [0, 0.05) is 10.6 Å². The molecule has 0 N–H and O–H groups in total. The van der Waals surface area contributed by atoms with Crippen LogP contribution in [0.2, 0.25) is 5.02 Å². The lowest BCUT2D eigenvalue weighted by molar-refractivity contribution is 0.0917. The second kappa shape index (κ2) is 4.70. The lowest BCUT2D eigenvalue weighted by Gasteiger charge is -1.97. The number of nitrogens with zero attached hydrogens (tertiary/aromatic N) is 3. The Morgan fingerprint density at radius 1 is 1.16 bits per heavy atom. The van der Waals surface area contributed by atoms with Crippen molar-refractivity contribution in [3.8, 4) is 11.3 Å². The Morgan fingerprint density at radius 3 is 2.63 bits per heavy atom. The minimum absolute atomic E-state index is 0.204. The number of benzene rings is 1. The van der Waals surface area contributed by atoms with Crippen molar-refractivity contribution < 1.29 is 9.21 Å². The van der Waals surface area contributed by atoms with Crippen molar-refractivity contribution in [3.05, 3.63) is 59.8 Å².